The first-order chi connectivity index (χ1) is 6.68. The van der Waals surface area contributed by atoms with Gasteiger partial charge in [-0.3, -0.25) is 4.98 Å². The van der Waals surface area contributed by atoms with Gasteiger partial charge in [0.2, 0.25) is 0 Å². The van der Waals surface area contributed by atoms with Gasteiger partial charge in [0.05, 0.1) is 5.69 Å². The number of aromatic nitrogens is 1. The number of hydrogen-bond donors (Lipinski definition) is 1. The fourth-order valence-corrected chi connectivity index (χ4v) is 1.17. The SMILES string of the molecule is CC(C)(O)c1cccc(C[B-](F)(F)F)n1. The molecule has 15 heavy (non-hydrogen) atoms. The molecular formula is C9H12BF3NO-. The zero-order valence-corrected chi connectivity index (χ0v) is 8.54. The largest absolute Gasteiger partial charge is 0.484 e. The number of halogens is 3. The highest BCUT2D eigenvalue weighted by Gasteiger charge is 2.25. The van der Waals surface area contributed by atoms with Crippen LogP contribution in [0, 0.1) is 0 Å². The highest BCUT2D eigenvalue weighted by Crippen LogP contribution is 2.20. The summed E-state index contributed by atoms with van der Waals surface area (Å²) in [5.74, 6) is 0. The highest BCUT2D eigenvalue weighted by molar-refractivity contribution is 6.57. The summed E-state index contributed by atoms with van der Waals surface area (Å²) in [6.45, 7) is -1.91. The molecule has 0 atom stereocenters. The molecule has 2 nitrogen and oxygen atoms in total. The fraction of sp³-hybridized carbons (Fsp3) is 0.444. The Bertz CT molecular complexity index is 346. The van der Waals surface area contributed by atoms with Crippen molar-refractivity contribution in [1.29, 1.82) is 0 Å². The van der Waals surface area contributed by atoms with E-state index in [-0.39, 0.29) is 11.4 Å². The summed E-state index contributed by atoms with van der Waals surface area (Å²) < 4.78 is 36.4. The monoisotopic (exact) mass is 218 g/mol. The predicted octanol–water partition coefficient (Wildman–Crippen LogP) is 2.24. The van der Waals surface area contributed by atoms with Gasteiger partial charge in [-0.1, -0.05) is 6.07 Å². The summed E-state index contributed by atoms with van der Waals surface area (Å²) in [7, 11) is 0. The summed E-state index contributed by atoms with van der Waals surface area (Å²) in [4.78, 5) is 3.78. The van der Waals surface area contributed by atoms with E-state index >= 15 is 0 Å². The van der Waals surface area contributed by atoms with E-state index in [0.29, 0.717) is 0 Å². The smallest absolute Gasteiger partial charge is 0.449 e. The lowest BCUT2D eigenvalue weighted by Gasteiger charge is -2.19. The number of pyridine rings is 1. The van der Waals surface area contributed by atoms with Crippen LogP contribution in [0.1, 0.15) is 25.2 Å². The van der Waals surface area contributed by atoms with Crippen LogP contribution in [0.15, 0.2) is 18.2 Å². The Kier molecular flexibility index (Phi) is 3.09. The lowest BCUT2D eigenvalue weighted by molar-refractivity contribution is 0.0736. The van der Waals surface area contributed by atoms with Crippen LogP contribution in [-0.4, -0.2) is 17.1 Å². The maximum absolute atomic E-state index is 12.1. The molecule has 0 aliphatic rings. The Hall–Kier alpha value is -1.04. The molecule has 0 aromatic carbocycles. The molecule has 0 saturated carbocycles. The molecule has 1 rings (SSSR count). The minimum absolute atomic E-state index is 0.0536. The van der Waals surface area contributed by atoms with E-state index in [0.717, 1.165) is 0 Å². The van der Waals surface area contributed by atoms with Crippen LogP contribution in [0.3, 0.4) is 0 Å². The van der Waals surface area contributed by atoms with Crippen molar-refractivity contribution >= 4 is 6.98 Å². The minimum Gasteiger partial charge on any atom is -0.449 e. The van der Waals surface area contributed by atoms with E-state index in [9.17, 15) is 18.1 Å². The van der Waals surface area contributed by atoms with Crippen LogP contribution in [0.4, 0.5) is 12.9 Å². The van der Waals surface area contributed by atoms with E-state index in [4.69, 9.17) is 0 Å². The van der Waals surface area contributed by atoms with Crippen LogP contribution >= 0.6 is 0 Å². The van der Waals surface area contributed by atoms with Gasteiger partial charge < -0.3 is 18.1 Å². The lowest BCUT2D eigenvalue weighted by Crippen LogP contribution is -2.23. The Morgan fingerprint density at radius 2 is 1.93 bits per heavy atom. The second-order valence-electron chi connectivity index (χ2n) is 3.99. The third-order valence-electron chi connectivity index (χ3n) is 1.87. The molecule has 0 saturated heterocycles. The van der Waals surface area contributed by atoms with Gasteiger partial charge in [-0.15, -0.1) is 0 Å². The lowest BCUT2D eigenvalue weighted by atomic mass is 9.84. The van der Waals surface area contributed by atoms with Crippen LogP contribution in [0.25, 0.3) is 0 Å². The Labute approximate surface area is 86.2 Å². The van der Waals surface area contributed by atoms with Gasteiger partial charge in [-0.05, 0) is 32.3 Å². The molecule has 0 fully saturated rings. The van der Waals surface area contributed by atoms with E-state index < -0.39 is 18.9 Å². The third-order valence-corrected chi connectivity index (χ3v) is 1.87. The van der Waals surface area contributed by atoms with Crippen molar-refractivity contribution in [3.05, 3.63) is 29.6 Å². The average Bonchev–Trinajstić information content (AvgIpc) is 1.99. The van der Waals surface area contributed by atoms with Crippen molar-refractivity contribution in [3.63, 3.8) is 0 Å². The molecule has 0 bridgehead atoms. The number of hydrogen-bond acceptors (Lipinski definition) is 2. The molecule has 0 aliphatic heterocycles. The minimum atomic E-state index is -4.88. The Morgan fingerprint density at radius 3 is 2.40 bits per heavy atom. The topological polar surface area (TPSA) is 33.1 Å². The molecule has 1 N–H and O–H groups in total. The normalized spacial score (nSPS) is 12.9. The molecule has 1 heterocycles. The zero-order valence-electron chi connectivity index (χ0n) is 8.54. The molecular weight excluding hydrogens is 206 g/mol. The zero-order chi connectivity index (χ0) is 11.7. The Morgan fingerprint density at radius 1 is 1.33 bits per heavy atom. The van der Waals surface area contributed by atoms with Gasteiger partial charge in [0, 0.05) is 5.69 Å². The summed E-state index contributed by atoms with van der Waals surface area (Å²) >= 11 is 0. The molecule has 1 aromatic heterocycles. The summed E-state index contributed by atoms with van der Waals surface area (Å²) in [6, 6.07) is 4.29. The van der Waals surface area contributed by atoms with E-state index in [2.05, 4.69) is 4.98 Å². The maximum Gasteiger partial charge on any atom is 0.484 e. The van der Waals surface area contributed by atoms with E-state index in [1.54, 1.807) is 0 Å². The number of nitrogens with zero attached hydrogens (tertiary/aromatic N) is 1. The summed E-state index contributed by atoms with van der Waals surface area (Å²) in [5.41, 5.74) is -1.02. The van der Waals surface area contributed by atoms with Crippen LogP contribution < -0.4 is 0 Å². The average molecular weight is 218 g/mol. The van der Waals surface area contributed by atoms with Gasteiger partial charge in [0.15, 0.2) is 0 Å². The second kappa shape index (κ2) is 3.85. The summed E-state index contributed by atoms with van der Waals surface area (Å²) in [6.07, 6.45) is -1.01. The molecule has 0 aliphatic carbocycles. The highest BCUT2D eigenvalue weighted by atomic mass is 19.4. The molecule has 0 amide bonds. The standard InChI is InChI=1S/C9H12BF3NO/c1-9(2,15)8-5-3-4-7(14-8)6-10(11,12)13/h3-5,15H,6H2,1-2H3/q-1. The van der Waals surface area contributed by atoms with Crippen molar-refractivity contribution in [3.8, 4) is 0 Å². The number of rotatable bonds is 3. The van der Waals surface area contributed by atoms with Gasteiger partial charge >= 0.3 is 6.98 Å². The van der Waals surface area contributed by atoms with Crippen molar-refractivity contribution in [1.82, 2.24) is 4.98 Å². The maximum atomic E-state index is 12.1. The second-order valence-corrected chi connectivity index (χ2v) is 3.99. The van der Waals surface area contributed by atoms with Crippen LogP contribution in [-0.2, 0) is 11.9 Å². The van der Waals surface area contributed by atoms with E-state index in [1.807, 2.05) is 0 Å². The van der Waals surface area contributed by atoms with E-state index in [1.165, 1.54) is 32.0 Å². The third kappa shape index (κ3) is 3.91. The summed E-state index contributed by atoms with van der Waals surface area (Å²) in [5, 5.41) is 9.57. The van der Waals surface area contributed by atoms with Gasteiger partial charge in [-0.25, -0.2) is 0 Å². The molecule has 0 spiro atoms. The van der Waals surface area contributed by atoms with Crippen molar-refractivity contribution in [2.24, 2.45) is 0 Å². The molecule has 6 heteroatoms. The van der Waals surface area contributed by atoms with Crippen LogP contribution in [0.2, 0.25) is 0 Å². The fourth-order valence-electron chi connectivity index (χ4n) is 1.17. The number of aliphatic hydroxyl groups is 1. The molecule has 1 aromatic rings. The molecule has 0 unspecified atom stereocenters. The van der Waals surface area contributed by atoms with Gasteiger partial charge in [0.25, 0.3) is 0 Å². The van der Waals surface area contributed by atoms with Crippen molar-refractivity contribution < 1.29 is 18.1 Å². The quantitative estimate of drug-likeness (QED) is 0.789. The first-order valence-electron chi connectivity index (χ1n) is 4.58. The first-order valence-corrected chi connectivity index (χ1v) is 4.58. The van der Waals surface area contributed by atoms with Crippen molar-refractivity contribution in [2.45, 2.75) is 25.8 Å². The molecule has 84 valence electrons. The first kappa shape index (κ1) is 12.0. The molecule has 0 radical (unpaired) electrons. The van der Waals surface area contributed by atoms with Crippen molar-refractivity contribution in [2.75, 3.05) is 0 Å². The Balaban J connectivity index is 2.94. The predicted molar refractivity (Wildman–Crippen MR) is 52.3 cm³/mol. The van der Waals surface area contributed by atoms with Gasteiger partial charge in [-0.2, -0.15) is 0 Å². The van der Waals surface area contributed by atoms with Crippen LogP contribution in [0.5, 0.6) is 0 Å². The van der Waals surface area contributed by atoms with Gasteiger partial charge in [0.1, 0.15) is 5.60 Å².